The summed E-state index contributed by atoms with van der Waals surface area (Å²) in [6.07, 6.45) is 4.09. The molecular formula is C30H27NO. The van der Waals surface area contributed by atoms with Crippen LogP contribution in [0.1, 0.15) is 48.9 Å². The highest BCUT2D eigenvalue weighted by molar-refractivity contribution is 6.11. The summed E-state index contributed by atoms with van der Waals surface area (Å²) < 4.78 is 6.62. The summed E-state index contributed by atoms with van der Waals surface area (Å²) in [5.74, 6) is 0. The molecule has 0 amide bonds. The average molecular weight is 418 g/mol. The maximum atomic E-state index is 6.62. The van der Waals surface area contributed by atoms with Crippen molar-refractivity contribution in [2.75, 3.05) is 0 Å². The van der Waals surface area contributed by atoms with E-state index in [2.05, 4.69) is 88.4 Å². The summed E-state index contributed by atoms with van der Waals surface area (Å²) in [5.41, 5.74) is 11.9. The number of hydrogen-bond donors (Lipinski definition) is 0. The molecule has 158 valence electrons. The van der Waals surface area contributed by atoms with Crippen LogP contribution in [0.2, 0.25) is 0 Å². The van der Waals surface area contributed by atoms with Gasteiger partial charge in [-0.05, 0) is 78.3 Å². The molecule has 3 aromatic carbocycles. The van der Waals surface area contributed by atoms with Crippen molar-refractivity contribution in [3.63, 3.8) is 0 Å². The smallest absolute Gasteiger partial charge is 0.145 e. The van der Waals surface area contributed by atoms with Gasteiger partial charge in [0.1, 0.15) is 11.2 Å². The van der Waals surface area contributed by atoms with Gasteiger partial charge in [-0.25, -0.2) is 0 Å². The molecule has 0 spiro atoms. The lowest BCUT2D eigenvalue weighted by atomic mass is 9.74. The first-order chi connectivity index (χ1) is 15.6. The molecular weight excluding hydrogens is 390 g/mol. The maximum Gasteiger partial charge on any atom is 0.145 e. The molecule has 6 rings (SSSR count). The van der Waals surface area contributed by atoms with Crippen molar-refractivity contribution in [1.82, 2.24) is 4.98 Å². The van der Waals surface area contributed by atoms with Gasteiger partial charge in [0.15, 0.2) is 0 Å². The first-order valence-corrected chi connectivity index (χ1v) is 11.6. The Morgan fingerprint density at radius 2 is 1.62 bits per heavy atom. The Labute approximate surface area is 188 Å². The molecule has 0 atom stereocenters. The number of nitrogens with zero attached hydrogens (tertiary/aromatic N) is 1. The fourth-order valence-electron chi connectivity index (χ4n) is 5.83. The van der Waals surface area contributed by atoms with E-state index in [1.807, 2.05) is 6.20 Å². The van der Waals surface area contributed by atoms with Crippen molar-refractivity contribution in [3.8, 4) is 22.4 Å². The van der Waals surface area contributed by atoms with Crippen LogP contribution in [0.25, 0.3) is 44.3 Å². The molecule has 0 saturated heterocycles. The van der Waals surface area contributed by atoms with E-state index in [1.165, 1.54) is 33.2 Å². The Hall–Kier alpha value is -3.39. The van der Waals surface area contributed by atoms with E-state index in [-0.39, 0.29) is 5.41 Å². The molecule has 0 fully saturated rings. The van der Waals surface area contributed by atoms with Crippen LogP contribution < -0.4 is 0 Å². The lowest BCUT2D eigenvalue weighted by Gasteiger charge is -2.29. The molecule has 0 radical (unpaired) electrons. The van der Waals surface area contributed by atoms with Crippen LogP contribution in [-0.2, 0) is 5.41 Å². The van der Waals surface area contributed by atoms with Crippen LogP contribution in [0, 0.1) is 13.8 Å². The Kier molecular flexibility index (Phi) is 4.10. The number of aryl methyl sites for hydroxylation is 2. The molecule has 0 unspecified atom stereocenters. The number of pyridine rings is 1. The van der Waals surface area contributed by atoms with Crippen LogP contribution in [0.15, 0.2) is 71.3 Å². The van der Waals surface area contributed by atoms with Crippen molar-refractivity contribution >= 4 is 21.9 Å². The molecule has 0 N–H and O–H groups in total. The standard InChI is InChI=1S/C30H27NO/c1-5-30(6-2)24-10-8-7-9-20(24)22-15-23-21-13-12-19(4)28(26-14-11-18(3)17-31-26)29(21)32-27(23)16-25(22)30/h7-17H,5-6H2,1-4H3. The lowest BCUT2D eigenvalue weighted by Crippen LogP contribution is -2.22. The van der Waals surface area contributed by atoms with Crippen LogP contribution >= 0.6 is 0 Å². The van der Waals surface area contributed by atoms with Crippen LogP contribution in [0.3, 0.4) is 0 Å². The van der Waals surface area contributed by atoms with E-state index < -0.39 is 0 Å². The highest BCUT2D eigenvalue weighted by Gasteiger charge is 2.40. The number of aromatic nitrogens is 1. The first kappa shape index (κ1) is 19.3. The van der Waals surface area contributed by atoms with Gasteiger partial charge in [0.25, 0.3) is 0 Å². The third-order valence-corrected chi connectivity index (χ3v) is 7.61. The summed E-state index contributed by atoms with van der Waals surface area (Å²) in [5, 5.41) is 2.35. The molecule has 2 nitrogen and oxygen atoms in total. The highest BCUT2D eigenvalue weighted by Crippen LogP contribution is 2.54. The molecule has 2 heteroatoms. The molecule has 0 bridgehead atoms. The molecule has 32 heavy (non-hydrogen) atoms. The van der Waals surface area contributed by atoms with Gasteiger partial charge in [0.05, 0.1) is 5.69 Å². The number of furan rings is 1. The predicted molar refractivity (Wildman–Crippen MR) is 133 cm³/mol. The number of benzene rings is 3. The van der Waals surface area contributed by atoms with Gasteiger partial charge >= 0.3 is 0 Å². The minimum absolute atomic E-state index is 0.0519. The lowest BCUT2D eigenvalue weighted by molar-refractivity contribution is 0.490. The average Bonchev–Trinajstić information content (AvgIpc) is 3.31. The molecule has 2 heterocycles. The zero-order valence-corrected chi connectivity index (χ0v) is 19.1. The van der Waals surface area contributed by atoms with E-state index in [4.69, 9.17) is 9.40 Å². The fraction of sp³-hybridized carbons (Fsp3) is 0.233. The molecule has 0 aliphatic heterocycles. The number of rotatable bonds is 3. The van der Waals surface area contributed by atoms with Gasteiger partial charge in [-0.1, -0.05) is 56.3 Å². The monoisotopic (exact) mass is 417 g/mol. The molecule has 1 aliphatic rings. The highest BCUT2D eigenvalue weighted by atomic mass is 16.3. The Morgan fingerprint density at radius 3 is 2.38 bits per heavy atom. The summed E-state index contributed by atoms with van der Waals surface area (Å²) in [6, 6.07) is 22.2. The van der Waals surface area contributed by atoms with Gasteiger partial charge in [0.2, 0.25) is 0 Å². The van der Waals surface area contributed by atoms with Gasteiger partial charge < -0.3 is 4.42 Å². The van der Waals surface area contributed by atoms with E-state index in [9.17, 15) is 0 Å². The Bertz CT molecular complexity index is 1500. The van der Waals surface area contributed by atoms with Crippen LogP contribution in [0.4, 0.5) is 0 Å². The SMILES string of the molecule is CCC1(CC)c2ccccc2-c2cc3c(cc21)oc1c(-c2ccc(C)cn2)c(C)ccc13. The van der Waals surface area contributed by atoms with E-state index in [0.717, 1.165) is 46.2 Å². The summed E-state index contributed by atoms with van der Waals surface area (Å²) in [6.45, 7) is 8.82. The van der Waals surface area contributed by atoms with Gasteiger partial charge in [-0.15, -0.1) is 0 Å². The second-order valence-corrected chi connectivity index (χ2v) is 9.19. The second-order valence-electron chi connectivity index (χ2n) is 9.19. The van der Waals surface area contributed by atoms with Crippen molar-refractivity contribution in [2.24, 2.45) is 0 Å². The van der Waals surface area contributed by atoms with Gasteiger partial charge in [-0.2, -0.15) is 0 Å². The molecule has 0 saturated carbocycles. The largest absolute Gasteiger partial charge is 0.455 e. The topological polar surface area (TPSA) is 26.0 Å². The minimum Gasteiger partial charge on any atom is -0.455 e. The third-order valence-electron chi connectivity index (χ3n) is 7.61. The summed E-state index contributed by atoms with van der Waals surface area (Å²) in [7, 11) is 0. The normalized spacial score (nSPS) is 14.1. The zero-order valence-electron chi connectivity index (χ0n) is 19.1. The molecule has 5 aromatic rings. The quantitative estimate of drug-likeness (QED) is 0.295. The van der Waals surface area contributed by atoms with Gasteiger partial charge in [0, 0.05) is 27.9 Å². The van der Waals surface area contributed by atoms with Crippen molar-refractivity contribution in [2.45, 2.75) is 46.0 Å². The number of fused-ring (bicyclic) bond motifs is 6. The Balaban J connectivity index is 1.69. The van der Waals surface area contributed by atoms with Crippen molar-refractivity contribution in [1.29, 1.82) is 0 Å². The first-order valence-electron chi connectivity index (χ1n) is 11.6. The van der Waals surface area contributed by atoms with Gasteiger partial charge in [-0.3, -0.25) is 4.98 Å². The zero-order chi connectivity index (χ0) is 22.0. The van der Waals surface area contributed by atoms with Crippen molar-refractivity contribution in [3.05, 3.63) is 89.1 Å². The fourth-order valence-corrected chi connectivity index (χ4v) is 5.83. The second kappa shape index (κ2) is 6.80. The summed E-state index contributed by atoms with van der Waals surface area (Å²) in [4.78, 5) is 4.71. The third kappa shape index (κ3) is 2.44. The molecule has 1 aliphatic carbocycles. The summed E-state index contributed by atoms with van der Waals surface area (Å²) >= 11 is 0. The molecule has 2 aromatic heterocycles. The number of hydrogen-bond acceptors (Lipinski definition) is 2. The van der Waals surface area contributed by atoms with E-state index >= 15 is 0 Å². The maximum absolute atomic E-state index is 6.62. The minimum atomic E-state index is 0.0519. The predicted octanol–water partition coefficient (Wildman–Crippen LogP) is 8.35. The van der Waals surface area contributed by atoms with Crippen molar-refractivity contribution < 1.29 is 4.42 Å². The Morgan fingerprint density at radius 1 is 0.812 bits per heavy atom. The van der Waals surface area contributed by atoms with E-state index in [1.54, 1.807) is 0 Å². The van der Waals surface area contributed by atoms with Crippen LogP contribution in [-0.4, -0.2) is 4.98 Å². The van der Waals surface area contributed by atoms with Crippen LogP contribution in [0.5, 0.6) is 0 Å². The van der Waals surface area contributed by atoms with E-state index in [0.29, 0.717) is 0 Å².